The first kappa shape index (κ1) is 27.1. The molecule has 0 spiro atoms. The molecule has 3 heterocycles. The highest BCUT2D eigenvalue weighted by molar-refractivity contribution is 6.09. The van der Waals surface area contributed by atoms with Crippen molar-refractivity contribution in [3.05, 3.63) is 42.1 Å². The second-order valence-corrected chi connectivity index (χ2v) is 9.84. The third kappa shape index (κ3) is 6.88. The summed E-state index contributed by atoms with van der Waals surface area (Å²) in [6, 6.07) is 9.16. The van der Waals surface area contributed by atoms with Crippen LogP contribution in [-0.4, -0.2) is 66.0 Å². The number of rotatable bonds is 8. The van der Waals surface area contributed by atoms with Crippen LogP contribution < -0.4 is 10.6 Å². The number of amides is 3. The highest BCUT2D eigenvalue weighted by Gasteiger charge is 2.30. The number of carbonyl (C=O) groups is 3. The van der Waals surface area contributed by atoms with Gasteiger partial charge in [-0.2, -0.15) is 0 Å². The molecule has 0 bridgehead atoms. The Morgan fingerprint density at radius 3 is 2.76 bits per heavy atom. The van der Waals surface area contributed by atoms with Crippen LogP contribution in [0.1, 0.15) is 45.2 Å². The summed E-state index contributed by atoms with van der Waals surface area (Å²) in [4.78, 5) is 40.4. The average molecular weight is 521 g/mol. The number of fused-ring (bicyclic) bond motifs is 3. The van der Waals surface area contributed by atoms with Gasteiger partial charge in [-0.1, -0.05) is 17.9 Å². The SMILES string of the molecule is CC(C)(C)OC(=O)NCCOCCOCC#Cc1ccc2c3cccnc3n(C3CCC(=O)NC3=O)c2c1. The molecular weight excluding hydrogens is 488 g/mol. The molecule has 0 aliphatic carbocycles. The zero-order chi connectivity index (χ0) is 27.1. The molecule has 1 atom stereocenters. The Hall–Kier alpha value is -3.94. The Bertz CT molecular complexity index is 1400. The quantitative estimate of drug-likeness (QED) is 0.266. The fourth-order valence-electron chi connectivity index (χ4n) is 4.21. The summed E-state index contributed by atoms with van der Waals surface area (Å²) in [5.74, 6) is 5.53. The van der Waals surface area contributed by atoms with Crippen LogP contribution in [0, 0.1) is 11.8 Å². The molecule has 1 saturated heterocycles. The normalized spacial score (nSPS) is 15.7. The van der Waals surface area contributed by atoms with Gasteiger partial charge >= 0.3 is 6.09 Å². The number of ether oxygens (including phenoxy) is 3. The van der Waals surface area contributed by atoms with Gasteiger partial charge in [0.05, 0.1) is 25.3 Å². The van der Waals surface area contributed by atoms with E-state index in [1.165, 1.54) is 0 Å². The molecule has 2 N–H and O–H groups in total. The van der Waals surface area contributed by atoms with Crippen LogP contribution in [0.25, 0.3) is 21.9 Å². The van der Waals surface area contributed by atoms with Crippen molar-refractivity contribution in [1.29, 1.82) is 0 Å². The molecule has 4 rings (SSSR count). The maximum Gasteiger partial charge on any atom is 0.407 e. The number of aromatic nitrogens is 2. The van der Waals surface area contributed by atoms with Crippen LogP contribution in [0.2, 0.25) is 0 Å². The number of piperidine rings is 1. The van der Waals surface area contributed by atoms with E-state index in [0.29, 0.717) is 38.4 Å². The molecule has 1 fully saturated rings. The Labute approximate surface area is 221 Å². The van der Waals surface area contributed by atoms with Crippen LogP contribution in [0.3, 0.4) is 0 Å². The molecule has 0 saturated carbocycles. The van der Waals surface area contributed by atoms with Gasteiger partial charge < -0.3 is 24.1 Å². The van der Waals surface area contributed by atoms with Crippen molar-refractivity contribution in [3.63, 3.8) is 0 Å². The Balaban J connectivity index is 1.31. The standard InChI is InChI=1S/C28H32N4O6/c1-28(2,3)38-27(35)30-13-15-37-17-16-36-14-5-6-19-8-9-20-21-7-4-12-29-25(21)32(23(20)18-19)22-10-11-24(33)31-26(22)34/h4,7-9,12,18,22H,10-11,13-17H2,1-3H3,(H,30,35)(H,31,33,34). The molecule has 0 radical (unpaired) electrons. The maximum absolute atomic E-state index is 12.7. The Kier molecular flexibility index (Phi) is 8.61. The summed E-state index contributed by atoms with van der Waals surface area (Å²) in [5.41, 5.74) is 1.79. The van der Waals surface area contributed by atoms with Crippen LogP contribution >= 0.6 is 0 Å². The van der Waals surface area contributed by atoms with E-state index < -0.39 is 17.7 Å². The molecule has 3 aromatic rings. The van der Waals surface area contributed by atoms with Gasteiger partial charge in [0.2, 0.25) is 11.8 Å². The molecule has 10 heteroatoms. The Morgan fingerprint density at radius 2 is 1.97 bits per heavy atom. The van der Waals surface area contributed by atoms with Gasteiger partial charge in [0.15, 0.2) is 0 Å². The topological polar surface area (TPSA) is 121 Å². The molecule has 200 valence electrons. The average Bonchev–Trinajstić information content (AvgIpc) is 3.18. The lowest BCUT2D eigenvalue weighted by Gasteiger charge is -2.23. The van der Waals surface area contributed by atoms with Crippen LogP contribution in [0.5, 0.6) is 0 Å². The fourth-order valence-corrected chi connectivity index (χ4v) is 4.21. The molecular formula is C28H32N4O6. The lowest BCUT2D eigenvalue weighted by molar-refractivity contribution is -0.135. The minimum absolute atomic E-state index is 0.231. The summed E-state index contributed by atoms with van der Waals surface area (Å²) in [6.07, 6.45) is 1.93. The predicted octanol–water partition coefficient (Wildman–Crippen LogP) is 3.08. The number of imide groups is 1. The van der Waals surface area contributed by atoms with Gasteiger partial charge in [-0.05, 0) is 51.5 Å². The van der Waals surface area contributed by atoms with Crippen molar-refractivity contribution in [1.82, 2.24) is 20.2 Å². The molecule has 10 nitrogen and oxygen atoms in total. The lowest BCUT2D eigenvalue weighted by atomic mass is 10.1. The summed E-state index contributed by atoms with van der Waals surface area (Å²) < 4.78 is 18.0. The van der Waals surface area contributed by atoms with E-state index in [2.05, 4.69) is 27.5 Å². The third-order valence-electron chi connectivity index (χ3n) is 5.78. The van der Waals surface area contributed by atoms with Crippen molar-refractivity contribution in [2.75, 3.05) is 33.0 Å². The van der Waals surface area contributed by atoms with E-state index in [9.17, 15) is 14.4 Å². The second-order valence-electron chi connectivity index (χ2n) is 9.84. The molecule has 1 unspecified atom stereocenters. The first-order chi connectivity index (χ1) is 18.2. The molecule has 3 amide bonds. The van der Waals surface area contributed by atoms with E-state index in [0.717, 1.165) is 21.9 Å². The van der Waals surface area contributed by atoms with Crippen molar-refractivity contribution >= 4 is 39.8 Å². The highest BCUT2D eigenvalue weighted by Crippen LogP contribution is 2.33. The number of hydrogen-bond donors (Lipinski definition) is 2. The summed E-state index contributed by atoms with van der Waals surface area (Å²) in [5, 5.41) is 6.98. The molecule has 1 aliphatic heterocycles. The Morgan fingerprint density at radius 1 is 1.16 bits per heavy atom. The van der Waals surface area contributed by atoms with Crippen LogP contribution in [0.15, 0.2) is 36.5 Å². The van der Waals surface area contributed by atoms with E-state index in [1.807, 2.05) is 34.9 Å². The van der Waals surface area contributed by atoms with Gasteiger partial charge in [-0.3, -0.25) is 14.9 Å². The fraction of sp³-hybridized carbons (Fsp3) is 0.429. The monoisotopic (exact) mass is 520 g/mol. The predicted molar refractivity (Wildman–Crippen MR) is 141 cm³/mol. The second kappa shape index (κ2) is 12.1. The largest absolute Gasteiger partial charge is 0.444 e. The highest BCUT2D eigenvalue weighted by atomic mass is 16.6. The molecule has 2 aromatic heterocycles. The molecule has 38 heavy (non-hydrogen) atoms. The minimum atomic E-state index is -0.533. The smallest absolute Gasteiger partial charge is 0.407 e. The lowest BCUT2D eigenvalue weighted by Crippen LogP contribution is -2.41. The van der Waals surface area contributed by atoms with E-state index in [1.54, 1.807) is 27.0 Å². The van der Waals surface area contributed by atoms with Crippen LogP contribution in [0.4, 0.5) is 4.79 Å². The van der Waals surface area contributed by atoms with Gasteiger partial charge in [0, 0.05) is 35.5 Å². The number of alkyl carbamates (subject to hydrolysis) is 1. The number of hydrogen-bond acceptors (Lipinski definition) is 7. The number of carbonyl (C=O) groups excluding carboxylic acids is 3. The van der Waals surface area contributed by atoms with E-state index >= 15 is 0 Å². The number of nitrogens with one attached hydrogen (secondary N) is 2. The minimum Gasteiger partial charge on any atom is -0.444 e. The first-order valence-corrected chi connectivity index (χ1v) is 12.6. The number of benzene rings is 1. The molecule has 1 aromatic carbocycles. The zero-order valence-corrected chi connectivity index (χ0v) is 21.8. The summed E-state index contributed by atoms with van der Waals surface area (Å²) in [6.45, 7) is 7.10. The van der Waals surface area contributed by atoms with Gasteiger partial charge in [-0.15, -0.1) is 0 Å². The van der Waals surface area contributed by atoms with E-state index in [-0.39, 0.29) is 24.8 Å². The third-order valence-corrected chi connectivity index (χ3v) is 5.78. The maximum atomic E-state index is 12.7. The first-order valence-electron chi connectivity index (χ1n) is 12.6. The van der Waals surface area contributed by atoms with Crippen molar-refractivity contribution in [2.45, 2.75) is 45.3 Å². The summed E-state index contributed by atoms with van der Waals surface area (Å²) >= 11 is 0. The van der Waals surface area contributed by atoms with Crippen molar-refractivity contribution in [2.24, 2.45) is 0 Å². The van der Waals surface area contributed by atoms with Crippen molar-refractivity contribution < 1.29 is 28.6 Å². The van der Waals surface area contributed by atoms with Crippen LogP contribution in [-0.2, 0) is 23.8 Å². The van der Waals surface area contributed by atoms with Gasteiger partial charge in [0.1, 0.15) is 23.9 Å². The molecule has 1 aliphatic rings. The van der Waals surface area contributed by atoms with Gasteiger partial charge in [0.25, 0.3) is 0 Å². The summed E-state index contributed by atoms with van der Waals surface area (Å²) in [7, 11) is 0. The zero-order valence-electron chi connectivity index (χ0n) is 21.8. The van der Waals surface area contributed by atoms with Crippen molar-refractivity contribution in [3.8, 4) is 11.8 Å². The van der Waals surface area contributed by atoms with E-state index in [4.69, 9.17) is 14.2 Å². The number of nitrogens with zero attached hydrogens (tertiary/aromatic N) is 2. The van der Waals surface area contributed by atoms with Gasteiger partial charge in [-0.25, -0.2) is 9.78 Å². The number of pyridine rings is 1.